The SMILES string of the molecule is CCCCC/C=C\C/C=C\CCCCCCCC(=O)OCC(COCCCCCCCCCCCCCC)OC(=O)CCCCCCC/C=C\C/C=C\CCCCC. The van der Waals surface area contributed by atoms with E-state index >= 15 is 0 Å². The van der Waals surface area contributed by atoms with Gasteiger partial charge >= 0.3 is 11.9 Å². The van der Waals surface area contributed by atoms with Crippen LogP contribution in [0.25, 0.3) is 0 Å². The van der Waals surface area contributed by atoms with Crippen LogP contribution in [0.1, 0.15) is 252 Å². The normalized spacial score (nSPS) is 12.5. The fourth-order valence-corrected chi connectivity index (χ4v) is 7.04. The lowest BCUT2D eigenvalue weighted by atomic mass is 10.1. The Morgan fingerprint density at radius 2 is 0.724 bits per heavy atom. The maximum Gasteiger partial charge on any atom is 0.306 e. The molecule has 0 N–H and O–H groups in total. The summed E-state index contributed by atoms with van der Waals surface area (Å²) in [5, 5.41) is 0. The Bertz CT molecular complexity index is 966. The Morgan fingerprint density at radius 1 is 0.379 bits per heavy atom. The predicted molar refractivity (Wildman–Crippen MR) is 251 cm³/mol. The summed E-state index contributed by atoms with van der Waals surface area (Å²) in [5.74, 6) is -0.421. The molecule has 0 aliphatic carbocycles. The van der Waals surface area contributed by atoms with E-state index in [1.165, 1.54) is 141 Å². The highest BCUT2D eigenvalue weighted by Crippen LogP contribution is 2.14. The van der Waals surface area contributed by atoms with Crippen LogP contribution in [0.2, 0.25) is 0 Å². The van der Waals surface area contributed by atoms with Crippen molar-refractivity contribution in [2.75, 3.05) is 19.8 Å². The van der Waals surface area contributed by atoms with Crippen LogP contribution in [0.4, 0.5) is 0 Å². The molecular formula is C53H96O5. The molecule has 0 spiro atoms. The van der Waals surface area contributed by atoms with E-state index in [9.17, 15) is 9.59 Å². The standard InChI is InChI=1S/C53H96O5/c1-4-7-10-13-16-19-22-25-27-29-31-34-37-40-43-46-52(54)57-50-51(49-56-48-45-42-39-36-33-24-21-18-15-12-9-6-3)58-53(55)47-44-41-38-35-32-30-28-26-23-20-17-14-11-8-5-2/h16-17,19-20,25-28,51H,4-15,18,21-24,29-50H2,1-3H3/b19-16-,20-17-,27-25-,28-26-. The number of allylic oxidation sites excluding steroid dienone is 8. The molecule has 0 fully saturated rings. The van der Waals surface area contributed by atoms with Gasteiger partial charge in [0.2, 0.25) is 0 Å². The van der Waals surface area contributed by atoms with Crippen molar-refractivity contribution >= 4 is 11.9 Å². The Balaban J connectivity index is 4.29. The average Bonchev–Trinajstić information content (AvgIpc) is 3.22. The molecule has 0 saturated heterocycles. The molecule has 338 valence electrons. The zero-order valence-electron chi connectivity index (χ0n) is 38.8. The Hall–Kier alpha value is -2.14. The van der Waals surface area contributed by atoms with Crippen molar-refractivity contribution in [2.45, 2.75) is 258 Å². The number of unbranched alkanes of at least 4 members (excludes halogenated alkanes) is 27. The molecule has 5 nitrogen and oxygen atoms in total. The van der Waals surface area contributed by atoms with E-state index in [1.54, 1.807) is 0 Å². The summed E-state index contributed by atoms with van der Waals surface area (Å²) in [4.78, 5) is 25.3. The van der Waals surface area contributed by atoms with Crippen molar-refractivity contribution in [3.05, 3.63) is 48.6 Å². The van der Waals surface area contributed by atoms with Gasteiger partial charge in [0.1, 0.15) is 6.61 Å². The van der Waals surface area contributed by atoms with Gasteiger partial charge < -0.3 is 14.2 Å². The van der Waals surface area contributed by atoms with Gasteiger partial charge in [0.15, 0.2) is 6.10 Å². The van der Waals surface area contributed by atoms with Crippen LogP contribution < -0.4 is 0 Å². The Morgan fingerprint density at radius 3 is 1.17 bits per heavy atom. The van der Waals surface area contributed by atoms with Gasteiger partial charge in [0.25, 0.3) is 0 Å². The second-order valence-electron chi connectivity index (χ2n) is 16.7. The first-order valence-electron chi connectivity index (χ1n) is 25.2. The second kappa shape index (κ2) is 49.2. The fraction of sp³-hybridized carbons (Fsp3) is 0.811. The van der Waals surface area contributed by atoms with E-state index in [0.717, 1.165) is 77.0 Å². The van der Waals surface area contributed by atoms with Gasteiger partial charge in [-0.3, -0.25) is 9.59 Å². The van der Waals surface area contributed by atoms with Crippen LogP contribution in [0.3, 0.4) is 0 Å². The van der Waals surface area contributed by atoms with Crippen molar-refractivity contribution in [3.63, 3.8) is 0 Å². The number of hydrogen-bond acceptors (Lipinski definition) is 5. The number of esters is 2. The molecule has 0 aliphatic rings. The molecule has 0 aromatic heterocycles. The van der Waals surface area contributed by atoms with Crippen LogP contribution in [0.15, 0.2) is 48.6 Å². The number of hydrogen-bond donors (Lipinski definition) is 0. The van der Waals surface area contributed by atoms with Crippen LogP contribution in [0, 0.1) is 0 Å². The molecule has 1 unspecified atom stereocenters. The largest absolute Gasteiger partial charge is 0.462 e. The van der Waals surface area contributed by atoms with E-state index in [2.05, 4.69) is 69.4 Å². The van der Waals surface area contributed by atoms with Gasteiger partial charge in [-0.1, -0.05) is 204 Å². The highest BCUT2D eigenvalue weighted by molar-refractivity contribution is 5.70. The monoisotopic (exact) mass is 813 g/mol. The van der Waals surface area contributed by atoms with E-state index < -0.39 is 6.10 Å². The molecule has 0 aliphatic heterocycles. The zero-order chi connectivity index (χ0) is 42.1. The zero-order valence-corrected chi connectivity index (χ0v) is 38.8. The molecule has 5 heteroatoms. The van der Waals surface area contributed by atoms with E-state index in [-0.39, 0.29) is 25.2 Å². The van der Waals surface area contributed by atoms with E-state index in [1.807, 2.05) is 0 Å². The molecule has 0 radical (unpaired) electrons. The highest BCUT2D eigenvalue weighted by Gasteiger charge is 2.17. The van der Waals surface area contributed by atoms with Crippen LogP contribution in [0.5, 0.6) is 0 Å². The first-order valence-corrected chi connectivity index (χ1v) is 25.2. The van der Waals surface area contributed by atoms with Gasteiger partial charge in [0.05, 0.1) is 6.61 Å². The number of carbonyl (C=O) groups is 2. The van der Waals surface area contributed by atoms with Crippen LogP contribution in [-0.4, -0.2) is 37.9 Å². The lowest BCUT2D eigenvalue weighted by molar-refractivity contribution is -0.163. The third-order valence-corrected chi connectivity index (χ3v) is 10.8. The van der Waals surface area contributed by atoms with Gasteiger partial charge in [-0.25, -0.2) is 0 Å². The van der Waals surface area contributed by atoms with Crippen molar-refractivity contribution in [1.82, 2.24) is 0 Å². The minimum Gasteiger partial charge on any atom is -0.462 e. The summed E-state index contributed by atoms with van der Waals surface area (Å²) in [7, 11) is 0. The van der Waals surface area contributed by atoms with Crippen molar-refractivity contribution in [1.29, 1.82) is 0 Å². The topological polar surface area (TPSA) is 61.8 Å². The van der Waals surface area contributed by atoms with E-state index in [4.69, 9.17) is 14.2 Å². The Labute approximate surface area is 361 Å². The van der Waals surface area contributed by atoms with E-state index in [0.29, 0.717) is 19.4 Å². The molecule has 0 bridgehead atoms. The third-order valence-electron chi connectivity index (χ3n) is 10.8. The molecule has 0 rings (SSSR count). The van der Waals surface area contributed by atoms with Gasteiger partial charge in [-0.2, -0.15) is 0 Å². The molecular weight excluding hydrogens is 717 g/mol. The predicted octanol–water partition coefficient (Wildman–Crippen LogP) is 16.8. The lowest BCUT2D eigenvalue weighted by Crippen LogP contribution is -2.30. The maximum atomic E-state index is 12.8. The Kier molecular flexibility index (Phi) is 47.4. The summed E-state index contributed by atoms with van der Waals surface area (Å²) in [6.07, 6.45) is 59.6. The lowest BCUT2D eigenvalue weighted by Gasteiger charge is -2.18. The van der Waals surface area contributed by atoms with Crippen molar-refractivity contribution in [3.8, 4) is 0 Å². The summed E-state index contributed by atoms with van der Waals surface area (Å²) in [6, 6.07) is 0. The smallest absolute Gasteiger partial charge is 0.306 e. The summed E-state index contributed by atoms with van der Waals surface area (Å²) in [5.41, 5.74) is 0. The summed E-state index contributed by atoms with van der Waals surface area (Å²) < 4.78 is 17.4. The van der Waals surface area contributed by atoms with Crippen LogP contribution in [-0.2, 0) is 23.8 Å². The second-order valence-corrected chi connectivity index (χ2v) is 16.7. The minimum absolute atomic E-state index is 0.0748. The minimum atomic E-state index is -0.545. The first kappa shape index (κ1) is 55.9. The van der Waals surface area contributed by atoms with Gasteiger partial charge in [0, 0.05) is 19.4 Å². The van der Waals surface area contributed by atoms with Gasteiger partial charge in [-0.15, -0.1) is 0 Å². The van der Waals surface area contributed by atoms with Crippen molar-refractivity contribution in [2.24, 2.45) is 0 Å². The van der Waals surface area contributed by atoms with Gasteiger partial charge in [-0.05, 0) is 83.5 Å². The number of carbonyl (C=O) groups excluding carboxylic acids is 2. The fourth-order valence-electron chi connectivity index (χ4n) is 7.04. The highest BCUT2D eigenvalue weighted by atomic mass is 16.6. The molecule has 0 aromatic carbocycles. The average molecular weight is 813 g/mol. The quantitative estimate of drug-likeness (QED) is 0.0348. The molecule has 1 atom stereocenters. The molecule has 0 aromatic rings. The number of rotatable bonds is 46. The summed E-state index contributed by atoms with van der Waals surface area (Å²) in [6.45, 7) is 7.77. The first-order chi connectivity index (χ1) is 28.6. The maximum absolute atomic E-state index is 12.8. The molecule has 0 amide bonds. The van der Waals surface area contributed by atoms with Crippen LogP contribution >= 0.6 is 0 Å². The third kappa shape index (κ3) is 46.5. The summed E-state index contributed by atoms with van der Waals surface area (Å²) >= 11 is 0. The van der Waals surface area contributed by atoms with Crippen molar-refractivity contribution < 1.29 is 23.8 Å². The molecule has 0 saturated carbocycles. The number of ether oxygens (including phenoxy) is 3. The molecule has 58 heavy (non-hydrogen) atoms. The molecule has 0 heterocycles.